The Bertz CT molecular complexity index is 1150. The van der Waals surface area contributed by atoms with E-state index in [0.29, 0.717) is 24.1 Å². The van der Waals surface area contributed by atoms with Gasteiger partial charge in [0.2, 0.25) is 0 Å². The molecule has 0 aliphatic heterocycles. The molecule has 0 fully saturated rings. The first-order valence-corrected chi connectivity index (χ1v) is 9.62. The summed E-state index contributed by atoms with van der Waals surface area (Å²) in [7, 11) is 0. The molecule has 4 N–H and O–H groups in total. The summed E-state index contributed by atoms with van der Waals surface area (Å²) < 4.78 is 13.9. The van der Waals surface area contributed by atoms with Gasteiger partial charge in [0.15, 0.2) is 5.78 Å². The molecular weight excluding hydrogens is 383 g/mol. The third-order valence-electron chi connectivity index (χ3n) is 5.10. The molecule has 1 amide bonds. The Labute approximate surface area is 173 Å². The highest BCUT2D eigenvalue weighted by molar-refractivity contribution is 5.95. The van der Waals surface area contributed by atoms with Gasteiger partial charge in [-0.2, -0.15) is 0 Å². The molecule has 1 aromatic heterocycles. The fraction of sp³-hybridized carbons (Fsp3) is 0.174. The van der Waals surface area contributed by atoms with Crippen molar-refractivity contribution >= 4 is 28.9 Å². The van der Waals surface area contributed by atoms with E-state index in [1.54, 1.807) is 18.2 Å². The fourth-order valence-electron chi connectivity index (χ4n) is 3.63. The number of hydrogen-bond acceptors (Lipinski definition) is 5. The lowest BCUT2D eigenvalue weighted by molar-refractivity contribution is 0.0932. The first-order chi connectivity index (χ1) is 14.4. The van der Waals surface area contributed by atoms with Crippen molar-refractivity contribution in [3.8, 4) is 0 Å². The Hall–Kier alpha value is -3.74. The van der Waals surface area contributed by atoms with Crippen LogP contribution in [0.1, 0.15) is 38.9 Å². The number of fused-ring (bicyclic) bond motifs is 1. The molecule has 0 saturated carbocycles. The van der Waals surface area contributed by atoms with Gasteiger partial charge in [0.25, 0.3) is 5.91 Å². The number of nitrogens with zero attached hydrogens (tertiary/aromatic N) is 1. The van der Waals surface area contributed by atoms with Crippen molar-refractivity contribution in [3.63, 3.8) is 0 Å². The van der Waals surface area contributed by atoms with Crippen molar-refractivity contribution in [1.29, 1.82) is 0 Å². The van der Waals surface area contributed by atoms with E-state index in [0.717, 1.165) is 11.1 Å². The summed E-state index contributed by atoms with van der Waals surface area (Å²) in [4.78, 5) is 28.6. The Morgan fingerprint density at radius 1 is 1.07 bits per heavy atom. The molecule has 30 heavy (non-hydrogen) atoms. The second-order valence-electron chi connectivity index (χ2n) is 7.39. The zero-order chi connectivity index (χ0) is 21.3. The minimum Gasteiger partial charge on any atom is -0.399 e. The first kappa shape index (κ1) is 19.6. The van der Waals surface area contributed by atoms with Gasteiger partial charge in [0.05, 0.1) is 5.69 Å². The number of Topliss-reactive ketones (excluding diaryl/α,β-unsaturated/α-hetero) is 1. The van der Waals surface area contributed by atoms with Crippen LogP contribution < -0.4 is 16.4 Å². The lowest BCUT2D eigenvalue weighted by atomic mass is 10.0. The van der Waals surface area contributed by atoms with E-state index < -0.39 is 5.82 Å². The predicted octanol–water partition coefficient (Wildman–Crippen LogP) is 3.65. The summed E-state index contributed by atoms with van der Waals surface area (Å²) in [6, 6.07) is 14.8. The molecule has 4 rings (SSSR count). The van der Waals surface area contributed by atoms with Gasteiger partial charge in [-0.1, -0.05) is 24.3 Å². The number of nitrogens with two attached hydrogens (primary N) is 1. The number of amides is 1. The van der Waals surface area contributed by atoms with Crippen molar-refractivity contribution in [2.24, 2.45) is 0 Å². The molecule has 7 heteroatoms. The maximum atomic E-state index is 13.9. The average Bonchev–Trinajstić information content (AvgIpc) is 3.10. The molecule has 1 aliphatic carbocycles. The molecule has 1 aliphatic rings. The van der Waals surface area contributed by atoms with Crippen molar-refractivity contribution in [2.75, 3.05) is 11.1 Å². The maximum absolute atomic E-state index is 13.9. The maximum Gasteiger partial charge on any atom is 0.270 e. The van der Waals surface area contributed by atoms with Gasteiger partial charge in [-0.05, 0) is 55.2 Å². The van der Waals surface area contributed by atoms with Crippen LogP contribution in [0.5, 0.6) is 0 Å². The van der Waals surface area contributed by atoms with E-state index >= 15 is 0 Å². The number of ketones is 1. The second-order valence-corrected chi connectivity index (χ2v) is 7.39. The average molecular weight is 404 g/mol. The number of benzene rings is 2. The third-order valence-corrected chi connectivity index (χ3v) is 5.10. The molecule has 6 nitrogen and oxygen atoms in total. The smallest absolute Gasteiger partial charge is 0.270 e. The molecule has 0 radical (unpaired) electrons. The van der Waals surface area contributed by atoms with Crippen LogP contribution in [0.4, 0.5) is 21.6 Å². The molecule has 0 bridgehead atoms. The van der Waals surface area contributed by atoms with E-state index in [9.17, 15) is 14.0 Å². The topological polar surface area (TPSA) is 97.1 Å². The largest absolute Gasteiger partial charge is 0.399 e. The number of anilines is 3. The van der Waals surface area contributed by atoms with Gasteiger partial charge < -0.3 is 16.4 Å². The monoisotopic (exact) mass is 404 g/mol. The molecule has 0 saturated heterocycles. The molecule has 2 aromatic carbocycles. The van der Waals surface area contributed by atoms with Crippen LogP contribution in [0, 0.1) is 5.82 Å². The highest BCUT2D eigenvalue weighted by Gasteiger charge is 2.24. The summed E-state index contributed by atoms with van der Waals surface area (Å²) in [5.41, 5.74) is 9.51. The molecule has 0 spiro atoms. The van der Waals surface area contributed by atoms with Crippen molar-refractivity contribution in [1.82, 2.24) is 10.3 Å². The number of para-hydroxylation sites is 1. The lowest BCUT2D eigenvalue weighted by Crippen LogP contribution is -2.35. The van der Waals surface area contributed by atoms with E-state index in [-0.39, 0.29) is 34.9 Å². The van der Waals surface area contributed by atoms with E-state index in [1.165, 1.54) is 25.1 Å². The number of hydrogen-bond donors (Lipinski definition) is 3. The van der Waals surface area contributed by atoms with Crippen LogP contribution in [-0.4, -0.2) is 22.7 Å². The Kier molecular flexibility index (Phi) is 5.18. The molecule has 1 unspecified atom stereocenters. The van der Waals surface area contributed by atoms with Gasteiger partial charge in [-0.3, -0.25) is 9.59 Å². The summed E-state index contributed by atoms with van der Waals surface area (Å²) in [6.07, 6.45) is 1.33. The normalized spacial score (nSPS) is 14.8. The van der Waals surface area contributed by atoms with Crippen LogP contribution in [0.25, 0.3) is 0 Å². The zero-order valence-electron chi connectivity index (χ0n) is 16.4. The highest BCUT2D eigenvalue weighted by Crippen LogP contribution is 2.25. The third kappa shape index (κ3) is 4.15. The number of halogens is 1. The number of nitrogen functional groups attached to an aromatic ring is 1. The van der Waals surface area contributed by atoms with Crippen LogP contribution in [0.2, 0.25) is 0 Å². The van der Waals surface area contributed by atoms with Gasteiger partial charge >= 0.3 is 0 Å². The number of carbonyl (C=O) groups excluding carboxylic acids is 2. The van der Waals surface area contributed by atoms with Crippen molar-refractivity contribution in [3.05, 3.63) is 82.8 Å². The minimum atomic E-state index is -0.429. The number of pyridine rings is 1. The van der Waals surface area contributed by atoms with Crippen LogP contribution in [-0.2, 0) is 12.8 Å². The number of nitrogens with one attached hydrogen (secondary N) is 2. The Morgan fingerprint density at radius 3 is 2.60 bits per heavy atom. The van der Waals surface area contributed by atoms with E-state index in [4.69, 9.17) is 5.73 Å². The summed E-state index contributed by atoms with van der Waals surface area (Å²) in [6.45, 7) is 1.54. The fourth-order valence-corrected chi connectivity index (χ4v) is 3.63. The molecule has 3 aromatic rings. The SMILES string of the molecule is CC(=O)c1ccc2c(c1)CC(NC(=O)c1cc(N)cc(Nc3ccccc3F)n1)C2. The number of aromatic nitrogens is 1. The van der Waals surface area contributed by atoms with Gasteiger partial charge in [0.1, 0.15) is 17.3 Å². The summed E-state index contributed by atoms with van der Waals surface area (Å²) in [5.74, 6) is -0.486. The van der Waals surface area contributed by atoms with Gasteiger partial charge in [-0.25, -0.2) is 9.37 Å². The molecule has 1 atom stereocenters. The first-order valence-electron chi connectivity index (χ1n) is 9.62. The van der Waals surface area contributed by atoms with Crippen molar-refractivity contribution in [2.45, 2.75) is 25.8 Å². The van der Waals surface area contributed by atoms with E-state index in [1.807, 2.05) is 18.2 Å². The van der Waals surface area contributed by atoms with Crippen LogP contribution in [0.3, 0.4) is 0 Å². The Morgan fingerprint density at radius 2 is 1.83 bits per heavy atom. The standard InChI is InChI=1S/C23H21FN4O2/c1-13(29)14-6-7-15-9-18(10-16(15)8-14)26-23(30)21-11-17(25)12-22(28-21)27-20-5-3-2-4-19(20)24/h2-8,11-12,18H,9-10H2,1H3,(H,26,30)(H3,25,27,28). The highest BCUT2D eigenvalue weighted by atomic mass is 19.1. The number of rotatable bonds is 5. The Balaban J connectivity index is 1.48. The molecule has 152 valence electrons. The van der Waals surface area contributed by atoms with Gasteiger partial charge in [-0.15, -0.1) is 0 Å². The molecular formula is C23H21FN4O2. The number of carbonyl (C=O) groups is 2. The van der Waals surface area contributed by atoms with Crippen LogP contribution in [0.15, 0.2) is 54.6 Å². The van der Waals surface area contributed by atoms with Crippen LogP contribution >= 0.6 is 0 Å². The van der Waals surface area contributed by atoms with Crippen molar-refractivity contribution < 1.29 is 14.0 Å². The summed E-state index contributed by atoms with van der Waals surface area (Å²) >= 11 is 0. The van der Waals surface area contributed by atoms with E-state index in [2.05, 4.69) is 15.6 Å². The summed E-state index contributed by atoms with van der Waals surface area (Å²) in [5, 5.41) is 5.83. The van der Waals surface area contributed by atoms with Gasteiger partial charge in [0, 0.05) is 23.4 Å². The second kappa shape index (κ2) is 7.94. The predicted molar refractivity (Wildman–Crippen MR) is 113 cm³/mol. The quantitative estimate of drug-likeness (QED) is 0.564. The lowest BCUT2D eigenvalue weighted by Gasteiger charge is -2.13. The minimum absolute atomic E-state index is 0.0177. The molecule has 1 heterocycles. The zero-order valence-corrected chi connectivity index (χ0v) is 16.4.